The smallest absolute Gasteiger partial charge is 0.355 e. The third-order valence-electron chi connectivity index (χ3n) is 2.48. The molecule has 0 amide bonds. The van der Waals surface area contributed by atoms with Crippen molar-refractivity contribution in [1.82, 2.24) is 15.0 Å². The molecular formula is C12H11N3O2. The van der Waals surface area contributed by atoms with Crippen molar-refractivity contribution < 1.29 is 9.90 Å². The van der Waals surface area contributed by atoms with E-state index in [0.29, 0.717) is 17.1 Å². The Morgan fingerprint density at radius 1 is 1.24 bits per heavy atom. The molecule has 86 valence electrons. The zero-order valence-electron chi connectivity index (χ0n) is 9.51. The van der Waals surface area contributed by atoms with Gasteiger partial charge in [-0.15, -0.1) is 0 Å². The Morgan fingerprint density at radius 3 is 2.47 bits per heavy atom. The molecular weight excluding hydrogens is 218 g/mol. The van der Waals surface area contributed by atoms with E-state index in [-0.39, 0.29) is 5.69 Å². The minimum atomic E-state index is -1.07. The van der Waals surface area contributed by atoms with Gasteiger partial charge in [0, 0.05) is 18.1 Å². The number of aryl methyl sites for hydroxylation is 2. The standard InChI is InChI=1S/C12H11N3O2/c1-7-6-9(11-13-4-3-5-14-11)10(12(16)17)15-8(7)2/h3-6H,1-2H3,(H,16,17). The first kappa shape index (κ1) is 11.2. The number of carboxylic acids is 1. The lowest BCUT2D eigenvalue weighted by molar-refractivity contribution is 0.0691. The lowest BCUT2D eigenvalue weighted by atomic mass is 10.1. The van der Waals surface area contributed by atoms with Gasteiger partial charge in [-0.25, -0.2) is 19.7 Å². The molecule has 2 aromatic heterocycles. The van der Waals surface area contributed by atoms with Gasteiger partial charge in [0.2, 0.25) is 0 Å². The van der Waals surface area contributed by atoms with Crippen LogP contribution in [-0.4, -0.2) is 26.0 Å². The van der Waals surface area contributed by atoms with Crippen LogP contribution in [0.4, 0.5) is 0 Å². The molecule has 0 aliphatic rings. The average Bonchev–Trinajstić information content (AvgIpc) is 2.33. The molecule has 0 aliphatic heterocycles. The summed E-state index contributed by atoms with van der Waals surface area (Å²) >= 11 is 0. The number of nitrogens with zero attached hydrogens (tertiary/aromatic N) is 3. The van der Waals surface area contributed by atoms with Gasteiger partial charge in [0.25, 0.3) is 0 Å². The summed E-state index contributed by atoms with van der Waals surface area (Å²) in [6.45, 7) is 3.65. The first-order valence-corrected chi connectivity index (χ1v) is 5.08. The zero-order valence-corrected chi connectivity index (χ0v) is 9.51. The highest BCUT2D eigenvalue weighted by Gasteiger charge is 2.16. The number of aromatic nitrogens is 3. The summed E-state index contributed by atoms with van der Waals surface area (Å²) in [5.74, 6) is -0.698. The van der Waals surface area contributed by atoms with Crippen molar-refractivity contribution in [2.75, 3.05) is 0 Å². The number of rotatable bonds is 2. The Hall–Kier alpha value is -2.30. The summed E-state index contributed by atoms with van der Waals surface area (Å²) < 4.78 is 0. The topological polar surface area (TPSA) is 76.0 Å². The van der Waals surface area contributed by atoms with E-state index in [2.05, 4.69) is 15.0 Å². The molecule has 0 saturated heterocycles. The van der Waals surface area contributed by atoms with Gasteiger partial charge in [0.1, 0.15) is 0 Å². The Labute approximate surface area is 98.2 Å². The van der Waals surface area contributed by atoms with Crippen LogP contribution >= 0.6 is 0 Å². The van der Waals surface area contributed by atoms with E-state index in [9.17, 15) is 4.79 Å². The number of hydrogen-bond acceptors (Lipinski definition) is 4. The first-order chi connectivity index (χ1) is 8.09. The maximum Gasteiger partial charge on any atom is 0.355 e. The van der Waals surface area contributed by atoms with Gasteiger partial charge in [-0.1, -0.05) is 0 Å². The molecule has 0 unspecified atom stereocenters. The van der Waals surface area contributed by atoms with Crippen LogP contribution in [0.15, 0.2) is 24.5 Å². The minimum absolute atomic E-state index is 0.0145. The Bertz CT molecular complexity index is 567. The van der Waals surface area contributed by atoms with Crippen molar-refractivity contribution in [2.45, 2.75) is 13.8 Å². The van der Waals surface area contributed by atoms with E-state index in [1.807, 2.05) is 6.92 Å². The molecule has 5 heteroatoms. The second kappa shape index (κ2) is 4.29. The molecule has 0 aliphatic carbocycles. The SMILES string of the molecule is Cc1cc(-c2ncccn2)c(C(=O)O)nc1C. The second-order valence-electron chi connectivity index (χ2n) is 3.66. The summed E-state index contributed by atoms with van der Waals surface area (Å²) in [6, 6.07) is 3.43. The van der Waals surface area contributed by atoms with Crippen molar-refractivity contribution in [3.05, 3.63) is 41.5 Å². The predicted octanol–water partition coefficient (Wildman–Crippen LogP) is 1.85. The summed E-state index contributed by atoms with van der Waals surface area (Å²) in [7, 11) is 0. The molecule has 2 aromatic rings. The van der Waals surface area contributed by atoms with Crippen molar-refractivity contribution >= 4 is 5.97 Å². The van der Waals surface area contributed by atoms with E-state index in [1.165, 1.54) is 0 Å². The van der Waals surface area contributed by atoms with Crippen LogP contribution in [0.25, 0.3) is 11.4 Å². The number of aromatic carboxylic acids is 1. The van der Waals surface area contributed by atoms with Crippen LogP contribution in [0.5, 0.6) is 0 Å². The normalized spacial score (nSPS) is 10.2. The largest absolute Gasteiger partial charge is 0.476 e. The van der Waals surface area contributed by atoms with E-state index >= 15 is 0 Å². The second-order valence-corrected chi connectivity index (χ2v) is 3.66. The maximum atomic E-state index is 11.1. The summed E-state index contributed by atoms with van der Waals surface area (Å²) in [5, 5.41) is 9.12. The highest BCUT2D eigenvalue weighted by molar-refractivity contribution is 5.93. The lowest BCUT2D eigenvalue weighted by Crippen LogP contribution is -2.07. The van der Waals surface area contributed by atoms with Crippen LogP contribution in [0.2, 0.25) is 0 Å². The van der Waals surface area contributed by atoms with Crippen LogP contribution in [0.3, 0.4) is 0 Å². The molecule has 0 bridgehead atoms. The van der Waals surface area contributed by atoms with Gasteiger partial charge in [0.05, 0.1) is 5.56 Å². The van der Waals surface area contributed by atoms with Crippen molar-refractivity contribution in [3.63, 3.8) is 0 Å². The fourth-order valence-electron chi connectivity index (χ4n) is 1.48. The van der Waals surface area contributed by atoms with Gasteiger partial charge in [-0.3, -0.25) is 0 Å². The predicted molar refractivity (Wildman–Crippen MR) is 61.7 cm³/mol. The lowest BCUT2D eigenvalue weighted by Gasteiger charge is -2.07. The summed E-state index contributed by atoms with van der Waals surface area (Å²) in [6.07, 6.45) is 3.15. The van der Waals surface area contributed by atoms with Crippen molar-refractivity contribution in [1.29, 1.82) is 0 Å². The van der Waals surface area contributed by atoms with Gasteiger partial charge in [-0.05, 0) is 31.5 Å². The molecule has 0 saturated carbocycles. The maximum absolute atomic E-state index is 11.1. The minimum Gasteiger partial charge on any atom is -0.476 e. The van der Waals surface area contributed by atoms with Gasteiger partial charge < -0.3 is 5.11 Å². The molecule has 5 nitrogen and oxygen atoms in total. The van der Waals surface area contributed by atoms with E-state index < -0.39 is 5.97 Å². The Balaban J connectivity index is 2.68. The van der Waals surface area contributed by atoms with Crippen LogP contribution in [0, 0.1) is 13.8 Å². The zero-order chi connectivity index (χ0) is 12.4. The molecule has 2 heterocycles. The number of hydrogen-bond donors (Lipinski definition) is 1. The first-order valence-electron chi connectivity index (χ1n) is 5.08. The Kier molecular flexibility index (Phi) is 2.82. The molecule has 0 aromatic carbocycles. The van der Waals surface area contributed by atoms with Crippen LogP contribution in [0.1, 0.15) is 21.7 Å². The molecule has 0 fully saturated rings. The van der Waals surface area contributed by atoms with Gasteiger partial charge in [0.15, 0.2) is 11.5 Å². The molecule has 2 rings (SSSR count). The van der Waals surface area contributed by atoms with Gasteiger partial charge in [-0.2, -0.15) is 0 Å². The number of carboxylic acid groups (broad SMARTS) is 1. The fraction of sp³-hybridized carbons (Fsp3) is 0.167. The molecule has 0 radical (unpaired) electrons. The third-order valence-corrected chi connectivity index (χ3v) is 2.48. The highest BCUT2D eigenvalue weighted by atomic mass is 16.4. The summed E-state index contributed by atoms with van der Waals surface area (Å²) in [4.78, 5) is 23.3. The van der Waals surface area contributed by atoms with Crippen molar-refractivity contribution in [2.24, 2.45) is 0 Å². The number of carbonyl (C=O) groups is 1. The van der Waals surface area contributed by atoms with Crippen LogP contribution in [-0.2, 0) is 0 Å². The van der Waals surface area contributed by atoms with Crippen molar-refractivity contribution in [3.8, 4) is 11.4 Å². The monoisotopic (exact) mass is 229 g/mol. The fourth-order valence-corrected chi connectivity index (χ4v) is 1.48. The van der Waals surface area contributed by atoms with E-state index in [4.69, 9.17) is 5.11 Å². The van der Waals surface area contributed by atoms with E-state index in [1.54, 1.807) is 31.5 Å². The highest BCUT2D eigenvalue weighted by Crippen LogP contribution is 2.21. The molecule has 0 spiro atoms. The average molecular weight is 229 g/mol. The number of pyridine rings is 1. The van der Waals surface area contributed by atoms with Gasteiger partial charge >= 0.3 is 5.97 Å². The van der Waals surface area contributed by atoms with Crippen LogP contribution < -0.4 is 0 Å². The third kappa shape index (κ3) is 2.13. The van der Waals surface area contributed by atoms with E-state index in [0.717, 1.165) is 5.56 Å². The molecule has 17 heavy (non-hydrogen) atoms. The quantitative estimate of drug-likeness (QED) is 0.850. The Morgan fingerprint density at radius 2 is 1.88 bits per heavy atom. The molecule has 0 atom stereocenters. The summed E-state index contributed by atoms with van der Waals surface area (Å²) in [5.41, 5.74) is 2.04. The molecule has 1 N–H and O–H groups in total.